The Balaban J connectivity index is 1.89. The first-order valence-electron chi connectivity index (χ1n) is 8.86. The van der Waals surface area contributed by atoms with Gasteiger partial charge in [-0.15, -0.1) is 0 Å². The molecule has 0 fully saturated rings. The maximum absolute atomic E-state index is 12.1. The van der Waals surface area contributed by atoms with Crippen molar-refractivity contribution in [2.45, 2.75) is 12.8 Å². The number of benzene rings is 2. The molecular formula is C20H22N2O8. The van der Waals surface area contributed by atoms with Crippen molar-refractivity contribution in [3.05, 3.63) is 52.1 Å². The number of anilines is 1. The molecule has 2 aromatic carbocycles. The number of carbonyl (C=O) groups is 2. The smallest absolute Gasteiger partial charge is 0.306 e. The number of nitro groups is 1. The van der Waals surface area contributed by atoms with Crippen LogP contribution in [0.2, 0.25) is 0 Å². The van der Waals surface area contributed by atoms with Crippen molar-refractivity contribution in [2.75, 3.05) is 33.3 Å². The number of amides is 1. The van der Waals surface area contributed by atoms with Crippen molar-refractivity contribution in [2.24, 2.45) is 0 Å². The highest BCUT2D eigenvalue weighted by Crippen LogP contribution is 2.28. The third-order valence-electron chi connectivity index (χ3n) is 4.06. The minimum atomic E-state index is -0.648. The molecule has 1 N–H and O–H groups in total. The first kappa shape index (κ1) is 22.5. The van der Waals surface area contributed by atoms with Crippen LogP contribution in [0.4, 0.5) is 11.4 Å². The predicted molar refractivity (Wildman–Crippen MR) is 107 cm³/mol. The number of carbonyl (C=O) groups excluding carboxylic acids is 2. The fourth-order valence-corrected chi connectivity index (χ4v) is 2.57. The van der Waals surface area contributed by atoms with Crippen molar-refractivity contribution in [1.29, 1.82) is 0 Å². The number of nitro benzene ring substituents is 1. The predicted octanol–water partition coefficient (Wildman–Crippen LogP) is 2.74. The molecule has 0 spiro atoms. The Morgan fingerprint density at radius 1 is 1.00 bits per heavy atom. The second kappa shape index (κ2) is 10.6. The standard InChI is InChI=1S/C20H22N2O8/c1-27-15-8-13(9-16(11-15)28-2)4-7-20(24)30-12-19(23)21-17-10-14(22(25)26)5-6-18(17)29-3/h5-6,8-11H,4,7,12H2,1-3H3,(H,21,23). The zero-order chi connectivity index (χ0) is 22.1. The van der Waals surface area contributed by atoms with Crippen LogP contribution in [0.25, 0.3) is 0 Å². The lowest BCUT2D eigenvalue weighted by atomic mass is 10.1. The Labute approximate surface area is 172 Å². The Morgan fingerprint density at radius 2 is 1.67 bits per heavy atom. The highest BCUT2D eigenvalue weighted by molar-refractivity contribution is 5.94. The highest BCUT2D eigenvalue weighted by atomic mass is 16.6. The lowest BCUT2D eigenvalue weighted by Crippen LogP contribution is -2.21. The molecule has 30 heavy (non-hydrogen) atoms. The maximum atomic E-state index is 12.1. The van der Waals surface area contributed by atoms with Crippen LogP contribution in [0.3, 0.4) is 0 Å². The average Bonchev–Trinajstić information content (AvgIpc) is 2.75. The van der Waals surface area contributed by atoms with E-state index in [9.17, 15) is 19.7 Å². The molecule has 0 aliphatic carbocycles. The van der Waals surface area contributed by atoms with E-state index in [1.165, 1.54) is 33.5 Å². The van der Waals surface area contributed by atoms with Gasteiger partial charge in [-0.2, -0.15) is 0 Å². The molecule has 10 heteroatoms. The number of nitrogens with one attached hydrogen (secondary N) is 1. The van der Waals surface area contributed by atoms with Crippen LogP contribution in [0.15, 0.2) is 36.4 Å². The fraction of sp³-hybridized carbons (Fsp3) is 0.300. The molecule has 2 aromatic rings. The summed E-state index contributed by atoms with van der Waals surface area (Å²) in [6.45, 7) is -0.536. The summed E-state index contributed by atoms with van der Waals surface area (Å²) in [5.41, 5.74) is 0.710. The molecule has 0 saturated heterocycles. The highest BCUT2D eigenvalue weighted by Gasteiger charge is 2.15. The summed E-state index contributed by atoms with van der Waals surface area (Å²) in [5, 5.41) is 13.3. The van der Waals surface area contributed by atoms with Crippen molar-refractivity contribution in [3.8, 4) is 17.2 Å². The molecular weight excluding hydrogens is 396 g/mol. The summed E-state index contributed by atoms with van der Waals surface area (Å²) in [7, 11) is 4.42. The van der Waals surface area contributed by atoms with E-state index in [1.807, 2.05) is 0 Å². The third-order valence-corrected chi connectivity index (χ3v) is 4.06. The number of esters is 1. The molecule has 0 bridgehead atoms. The van der Waals surface area contributed by atoms with Gasteiger partial charge in [-0.25, -0.2) is 0 Å². The zero-order valence-corrected chi connectivity index (χ0v) is 16.8. The minimum absolute atomic E-state index is 0.0454. The molecule has 0 saturated carbocycles. The van der Waals surface area contributed by atoms with Gasteiger partial charge in [0.05, 0.1) is 31.9 Å². The second-order valence-electron chi connectivity index (χ2n) is 6.07. The third kappa shape index (κ3) is 6.36. The van der Waals surface area contributed by atoms with E-state index >= 15 is 0 Å². The van der Waals surface area contributed by atoms with E-state index in [0.717, 1.165) is 11.6 Å². The molecule has 10 nitrogen and oxygen atoms in total. The van der Waals surface area contributed by atoms with Crippen molar-refractivity contribution >= 4 is 23.3 Å². The molecule has 0 aliphatic rings. The summed E-state index contributed by atoms with van der Waals surface area (Å²) in [6.07, 6.45) is 0.413. The van der Waals surface area contributed by atoms with Crippen LogP contribution >= 0.6 is 0 Å². The van der Waals surface area contributed by atoms with E-state index in [4.69, 9.17) is 18.9 Å². The normalized spacial score (nSPS) is 10.1. The molecule has 0 heterocycles. The Morgan fingerprint density at radius 3 is 2.23 bits per heavy atom. The first-order chi connectivity index (χ1) is 14.4. The van der Waals surface area contributed by atoms with Gasteiger partial charge in [0.1, 0.15) is 17.2 Å². The summed E-state index contributed by atoms with van der Waals surface area (Å²) >= 11 is 0. The van der Waals surface area contributed by atoms with E-state index in [2.05, 4.69) is 5.32 Å². The van der Waals surface area contributed by atoms with Crippen LogP contribution < -0.4 is 19.5 Å². The largest absolute Gasteiger partial charge is 0.497 e. The van der Waals surface area contributed by atoms with Gasteiger partial charge in [0, 0.05) is 24.6 Å². The van der Waals surface area contributed by atoms with Crippen molar-refractivity contribution < 1.29 is 33.5 Å². The quantitative estimate of drug-likeness (QED) is 0.355. The molecule has 0 unspecified atom stereocenters. The molecule has 0 radical (unpaired) electrons. The lowest BCUT2D eigenvalue weighted by molar-refractivity contribution is -0.384. The van der Waals surface area contributed by atoms with Gasteiger partial charge in [-0.1, -0.05) is 0 Å². The molecule has 1 amide bonds. The average molecular weight is 418 g/mol. The SMILES string of the molecule is COc1cc(CCC(=O)OCC(=O)Nc2cc([N+](=O)[O-])ccc2OC)cc(OC)c1. The topological polar surface area (TPSA) is 126 Å². The summed E-state index contributed by atoms with van der Waals surface area (Å²) in [6, 6.07) is 9.04. The van der Waals surface area contributed by atoms with Crippen LogP contribution in [-0.4, -0.2) is 44.7 Å². The maximum Gasteiger partial charge on any atom is 0.306 e. The van der Waals surface area contributed by atoms with Crippen molar-refractivity contribution in [3.63, 3.8) is 0 Å². The number of ether oxygens (including phenoxy) is 4. The van der Waals surface area contributed by atoms with Crippen LogP contribution in [0.5, 0.6) is 17.2 Å². The molecule has 0 atom stereocenters. The second-order valence-corrected chi connectivity index (χ2v) is 6.07. The van der Waals surface area contributed by atoms with Gasteiger partial charge in [-0.05, 0) is 30.2 Å². The van der Waals surface area contributed by atoms with Gasteiger partial charge in [0.25, 0.3) is 11.6 Å². The lowest BCUT2D eigenvalue weighted by Gasteiger charge is -2.11. The van der Waals surface area contributed by atoms with Gasteiger partial charge in [0.15, 0.2) is 6.61 Å². The summed E-state index contributed by atoms with van der Waals surface area (Å²) in [4.78, 5) is 34.3. The Bertz CT molecular complexity index is 907. The number of hydrogen-bond acceptors (Lipinski definition) is 8. The van der Waals surface area contributed by atoms with E-state index < -0.39 is 23.4 Å². The van der Waals surface area contributed by atoms with Crippen molar-refractivity contribution in [1.82, 2.24) is 0 Å². The van der Waals surface area contributed by atoms with Gasteiger partial charge in [0.2, 0.25) is 0 Å². The Hall–Kier alpha value is -3.82. The molecule has 0 aromatic heterocycles. The summed E-state index contributed by atoms with van der Waals surface area (Å²) in [5.74, 6) is 0.224. The number of methoxy groups -OCH3 is 3. The van der Waals surface area contributed by atoms with Gasteiger partial charge < -0.3 is 24.3 Å². The summed E-state index contributed by atoms with van der Waals surface area (Å²) < 4.78 is 20.4. The number of hydrogen-bond donors (Lipinski definition) is 1. The first-order valence-corrected chi connectivity index (χ1v) is 8.86. The fourth-order valence-electron chi connectivity index (χ4n) is 2.57. The van der Waals surface area contributed by atoms with Gasteiger partial charge >= 0.3 is 5.97 Å². The van der Waals surface area contributed by atoms with Crippen LogP contribution in [-0.2, 0) is 20.7 Å². The molecule has 160 valence electrons. The zero-order valence-electron chi connectivity index (χ0n) is 16.8. The van der Waals surface area contributed by atoms with E-state index in [-0.39, 0.29) is 23.5 Å². The number of rotatable bonds is 10. The molecule has 0 aliphatic heterocycles. The van der Waals surface area contributed by atoms with Crippen LogP contribution in [0, 0.1) is 10.1 Å². The number of nitrogens with zero attached hydrogens (tertiary/aromatic N) is 1. The monoisotopic (exact) mass is 418 g/mol. The van der Waals surface area contributed by atoms with E-state index in [0.29, 0.717) is 17.9 Å². The number of non-ortho nitro benzene ring substituents is 1. The van der Waals surface area contributed by atoms with Gasteiger partial charge in [-0.3, -0.25) is 19.7 Å². The van der Waals surface area contributed by atoms with E-state index in [1.54, 1.807) is 18.2 Å². The molecule has 2 rings (SSSR count). The minimum Gasteiger partial charge on any atom is -0.497 e. The van der Waals surface area contributed by atoms with Crippen LogP contribution in [0.1, 0.15) is 12.0 Å². The Kier molecular flexibility index (Phi) is 7.98. The number of aryl methyl sites for hydroxylation is 1.